The number of nitrogens with zero attached hydrogens (tertiary/aromatic N) is 4. The first-order valence-electron chi connectivity index (χ1n) is 14.2. The Morgan fingerprint density at radius 2 is 1.09 bits per heavy atom. The van der Waals surface area contributed by atoms with Crippen LogP contribution < -0.4 is 0 Å². The molecule has 43 heavy (non-hydrogen) atoms. The first kappa shape index (κ1) is 23.7. The Kier molecular flexibility index (Phi) is 5.13. The van der Waals surface area contributed by atoms with Crippen molar-refractivity contribution in [2.24, 2.45) is 0 Å². The molecule has 0 atom stereocenters. The number of para-hydroxylation sites is 1. The molecule has 0 N–H and O–H groups in total. The average molecular weight is 551 g/mol. The van der Waals surface area contributed by atoms with Gasteiger partial charge in [0, 0.05) is 22.1 Å². The molecule has 9 aromatic rings. The van der Waals surface area contributed by atoms with Crippen LogP contribution in [0.5, 0.6) is 0 Å². The Labute approximate surface area is 246 Å². The molecule has 0 aliphatic heterocycles. The van der Waals surface area contributed by atoms with Gasteiger partial charge in [0.2, 0.25) is 0 Å². The van der Waals surface area contributed by atoms with Crippen molar-refractivity contribution in [3.63, 3.8) is 0 Å². The molecule has 0 spiro atoms. The van der Waals surface area contributed by atoms with Gasteiger partial charge in [0.1, 0.15) is 11.1 Å². The van der Waals surface area contributed by atoms with Crippen LogP contribution in [0, 0.1) is 0 Å². The van der Waals surface area contributed by atoms with Gasteiger partial charge in [0.05, 0.1) is 10.9 Å². The minimum Gasteiger partial charge on any atom is -0.454 e. The van der Waals surface area contributed by atoms with E-state index < -0.39 is 0 Å². The fraction of sp³-hybridized carbons (Fsp3) is 0. The third kappa shape index (κ3) is 3.79. The molecule has 0 aliphatic carbocycles. The Morgan fingerprint density at radius 1 is 0.419 bits per heavy atom. The Hall–Kier alpha value is -5.94. The Balaban J connectivity index is 1.36. The topological polar surface area (TPSA) is 64.7 Å². The van der Waals surface area contributed by atoms with Crippen molar-refractivity contribution in [2.45, 2.75) is 0 Å². The smallest absolute Gasteiger partial charge is 0.164 e. The predicted molar refractivity (Wildman–Crippen MR) is 174 cm³/mol. The summed E-state index contributed by atoms with van der Waals surface area (Å²) in [4.78, 5) is 20.3. The molecule has 0 radical (unpaired) electrons. The zero-order valence-corrected chi connectivity index (χ0v) is 22.9. The molecule has 5 heteroatoms. The average Bonchev–Trinajstić information content (AvgIpc) is 3.44. The van der Waals surface area contributed by atoms with Gasteiger partial charge in [-0.05, 0) is 45.8 Å². The molecule has 3 aromatic heterocycles. The summed E-state index contributed by atoms with van der Waals surface area (Å²) in [5.74, 6) is 1.81. The summed E-state index contributed by atoms with van der Waals surface area (Å²) < 4.78 is 6.32. The highest BCUT2D eigenvalue weighted by Crippen LogP contribution is 2.38. The highest BCUT2D eigenvalue weighted by atomic mass is 16.3. The highest BCUT2D eigenvalue weighted by molar-refractivity contribution is 6.14. The fourth-order valence-electron chi connectivity index (χ4n) is 6.09. The monoisotopic (exact) mass is 550 g/mol. The van der Waals surface area contributed by atoms with Gasteiger partial charge in [-0.2, -0.15) is 0 Å². The lowest BCUT2D eigenvalue weighted by molar-refractivity contribution is 0.669. The van der Waals surface area contributed by atoms with E-state index in [1.54, 1.807) is 0 Å². The van der Waals surface area contributed by atoms with Crippen molar-refractivity contribution in [2.75, 3.05) is 0 Å². The standard InChI is InChI=1S/C38H22N4O/c1-2-11-23(12-3-1)36-40-37(29-18-10-20-32-34(29)35-33(43-32)22-25-14-5-9-19-31(25)39-35)42-38(41-36)30-21-24-13-4-6-15-26(24)27-16-7-8-17-28(27)30/h1-22H. The number of benzene rings is 6. The van der Waals surface area contributed by atoms with Crippen LogP contribution in [-0.2, 0) is 0 Å². The van der Waals surface area contributed by atoms with Crippen LogP contribution in [0.3, 0.4) is 0 Å². The second-order valence-corrected chi connectivity index (χ2v) is 10.7. The number of hydrogen-bond acceptors (Lipinski definition) is 5. The molecule has 0 bridgehead atoms. The van der Waals surface area contributed by atoms with E-state index in [-0.39, 0.29) is 0 Å². The fourth-order valence-corrected chi connectivity index (χ4v) is 6.09. The molecular formula is C38H22N4O. The lowest BCUT2D eigenvalue weighted by Crippen LogP contribution is -2.01. The summed E-state index contributed by atoms with van der Waals surface area (Å²) >= 11 is 0. The van der Waals surface area contributed by atoms with Crippen molar-refractivity contribution in [1.82, 2.24) is 19.9 Å². The molecule has 0 saturated heterocycles. The van der Waals surface area contributed by atoms with Crippen LogP contribution in [0.25, 0.3) is 88.7 Å². The number of pyridine rings is 1. The summed E-state index contributed by atoms with van der Waals surface area (Å²) in [6.45, 7) is 0. The van der Waals surface area contributed by atoms with E-state index in [2.05, 4.69) is 60.7 Å². The van der Waals surface area contributed by atoms with E-state index in [9.17, 15) is 0 Å². The second-order valence-electron chi connectivity index (χ2n) is 10.7. The Morgan fingerprint density at radius 3 is 1.95 bits per heavy atom. The van der Waals surface area contributed by atoms with Crippen LogP contribution in [0.15, 0.2) is 138 Å². The summed E-state index contributed by atoms with van der Waals surface area (Å²) in [5, 5.41) is 6.52. The Bertz CT molecular complexity index is 2520. The molecule has 5 nitrogen and oxygen atoms in total. The van der Waals surface area contributed by atoms with Crippen molar-refractivity contribution in [3.05, 3.63) is 133 Å². The molecule has 3 heterocycles. The van der Waals surface area contributed by atoms with Crippen molar-refractivity contribution in [3.8, 4) is 34.2 Å². The van der Waals surface area contributed by atoms with Gasteiger partial charge in [-0.25, -0.2) is 19.9 Å². The molecule has 0 saturated carbocycles. The van der Waals surface area contributed by atoms with Gasteiger partial charge < -0.3 is 4.42 Å². The lowest BCUT2D eigenvalue weighted by Gasteiger charge is -2.12. The van der Waals surface area contributed by atoms with Crippen LogP contribution >= 0.6 is 0 Å². The third-order valence-corrected chi connectivity index (χ3v) is 8.09. The van der Waals surface area contributed by atoms with E-state index in [1.807, 2.05) is 72.8 Å². The van der Waals surface area contributed by atoms with E-state index in [1.165, 1.54) is 5.39 Å². The van der Waals surface area contributed by atoms with E-state index in [0.717, 1.165) is 65.8 Å². The van der Waals surface area contributed by atoms with E-state index in [4.69, 9.17) is 24.4 Å². The minimum atomic E-state index is 0.573. The quantitative estimate of drug-likeness (QED) is 0.205. The molecule has 0 amide bonds. The van der Waals surface area contributed by atoms with E-state index >= 15 is 0 Å². The molecule has 0 unspecified atom stereocenters. The zero-order valence-electron chi connectivity index (χ0n) is 22.9. The first-order chi connectivity index (χ1) is 21.3. The highest BCUT2D eigenvalue weighted by Gasteiger charge is 2.20. The maximum absolute atomic E-state index is 6.32. The van der Waals surface area contributed by atoms with Crippen LogP contribution in [0.1, 0.15) is 0 Å². The molecule has 200 valence electrons. The SMILES string of the molecule is c1ccc(-c2nc(-c3cc4ccccc4c4ccccc34)nc(-c3cccc4oc5cc6ccccc6nc5c34)n2)cc1. The van der Waals surface area contributed by atoms with Gasteiger partial charge in [-0.3, -0.25) is 0 Å². The van der Waals surface area contributed by atoms with Gasteiger partial charge in [0.15, 0.2) is 23.1 Å². The van der Waals surface area contributed by atoms with Gasteiger partial charge >= 0.3 is 0 Å². The lowest BCUT2D eigenvalue weighted by atomic mass is 9.97. The first-order valence-corrected chi connectivity index (χ1v) is 14.2. The summed E-state index contributed by atoms with van der Waals surface area (Å²) in [6, 6.07) is 45.3. The number of furan rings is 1. The number of fused-ring (bicyclic) bond motifs is 7. The van der Waals surface area contributed by atoms with Gasteiger partial charge in [-0.15, -0.1) is 0 Å². The van der Waals surface area contributed by atoms with E-state index in [0.29, 0.717) is 17.5 Å². The molecule has 6 aromatic carbocycles. The van der Waals surface area contributed by atoms with Crippen molar-refractivity contribution >= 4 is 54.5 Å². The number of aromatic nitrogens is 4. The van der Waals surface area contributed by atoms with Gasteiger partial charge in [-0.1, -0.05) is 109 Å². The van der Waals surface area contributed by atoms with Crippen molar-refractivity contribution in [1.29, 1.82) is 0 Å². The maximum Gasteiger partial charge on any atom is 0.164 e. The van der Waals surface area contributed by atoms with Crippen molar-refractivity contribution < 1.29 is 4.42 Å². The molecule has 0 aliphatic rings. The van der Waals surface area contributed by atoms with Crippen LogP contribution in [0.4, 0.5) is 0 Å². The van der Waals surface area contributed by atoms with Gasteiger partial charge in [0.25, 0.3) is 0 Å². The third-order valence-electron chi connectivity index (χ3n) is 8.09. The zero-order chi connectivity index (χ0) is 28.3. The molecule has 9 rings (SSSR count). The molecular weight excluding hydrogens is 528 g/mol. The summed E-state index contributed by atoms with van der Waals surface area (Å²) in [6.07, 6.45) is 0. The molecule has 0 fully saturated rings. The predicted octanol–water partition coefficient (Wildman–Crippen LogP) is 9.63. The normalized spacial score (nSPS) is 11.7. The summed E-state index contributed by atoms with van der Waals surface area (Å²) in [7, 11) is 0. The second kappa shape index (κ2) is 9.29. The van der Waals surface area contributed by atoms with Crippen LogP contribution in [-0.4, -0.2) is 19.9 Å². The number of rotatable bonds is 3. The minimum absolute atomic E-state index is 0.573. The summed E-state index contributed by atoms with van der Waals surface area (Å²) in [5.41, 5.74) is 5.92. The maximum atomic E-state index is 6.32. The van der Waals surface area contributed by atoms with Crippen LogP contribution in [0.2, 0.25) is 0 Å². The largest absolute Gasteiger partial charge is 0.454 e. The number of hydrogen-bond donors (Lipinski definition) is 0.